The molecule has 1 atom stereocenters. The number of nitrogens with zero attached hydrogens (tertiary/aromatic N) is 8. The first kappa shape index (κ1) is 24.5. The number of methoxy groups -OCH3 is 1. The van der Waals surface area contributed by atoms with Crippen LogP contribution in [0.1, 0.15) is 47.9 Å². The van der Waals surface area contributed by atoms with Crippen LogP contribution in [0.4, 0.5) is 11.5 Å². The highest BCUT2D eigenvalue weighted by molar-refractivity contribution is 5.94. The van der Waals surface area contributed by atoms with Crippen molar-refractivity contribution in [1.82, 2.24) is 35.6 Å². The summed E-state index contributed by atoms with van der Waals surface area (Å²) in [6, 6.07) is 2.70. The number of hydrogen-bond donors (Lipinski definition) is 3. The number of aromatic hydroxyl groups is 1. The van der Waals surface area contributed by atoms with E-state index in [0.717, 1.165) is 31.9 Å². The van der Waals surface area contributed by atoms with Gasteiger partial charge < -0.3 is 15.6 Å². The van der Waals surface area contributed by atoms with Crippen LogP contribution in [0.25, 0.3) is 5.82 Å². The molecule has 1 fully saturated rings. The van der Waals surface area contributed by atoms with Gasteiger partial charge in [-0.3, -0.25) is 19.8 Å². The number of nitro benzene ring substituents is 1. The molecule has 4 N–H and O–H groups in total. The number of phenols is 1. The second kappa shape index (κ2) is 10.3. The van der Waals surface area contributed by atoms with E-state index in [0.29, 0.717) is 12.2 Å². The number of hydrazone groups is 1. The van der Waals surface area contributed by atoms with Gasteiger partial charge in [0, 0.05) is 24.2 Å². The molecule has 0 saturated carbocycles. The molecule has 190 valence electrons. The number of nitro groups is 1. The van der Waals surface area contributed by atoms with Gasteiger partial charge in [0.2, 0.25) is 17.4 Å². The number of hydrogen-bond acceptors (Lipinski definition) is 13. The highest BCUT2D eigenvalue weighted by atomic mass is 16.6. The first-order chi connectivity index (χ1) is 17.3. The number of phenolic OH excluding ortho intramolecular Hbond substituents is 1. The number of ether oxygens (including phenoxy) is 1. The summed E-state index contributed by atoms with van der Waals surface area (Å²) in [5.74, 6) is -1.31. The van der Waals surface area contributed by atoms with Crippen molar-refractivity contribution in [2.24, 2.45) is 5.10 Å². The molecule has 1 saturated heterocycles. The van der Waals surface area contributed by atoms with Crippen LogP contribution in [-0.4, -0.2) is 72.1 Å². The van der Waals surface area contributed by atoms with Gasteiger partial charge in [0.05, 0.1) is 23.9 Å². The van der Waals surface area contributed by atoms with Crippen LogP contribution < -0.4 is 15.9 Å². The second-order valence-electron chi connectivity index (χ2n) is 8.13. The Bertz CT molecular complexity index is 1300. The Labute approximate surface area is 203 Å². The van der Waals surface area contributed by atoms with E-state index in [2.05, 4.69) is 47.6 Å². The van der Waals surface area contributed by atoms with E-state index in [1.165, 1.54) is 24.1 Å². The van der Waals surface area contributed by atoms with E-state index < -0.39 is 22.3 Å². The van der Waals surface area contributed by atoms with Gasteiger partial charge in [-0.1, -0.05) is 11.6 Å². The number of aromatic nitrogens is 5. The summed E-state index contributed by atoms with van der Waals surface area (Å²) in [4.78, 5) is 25.6. The van der Waals surface area contributed by atoms with Gasteiger partial charge in [-0.2, -0.15) is 9.78 Å². The number of carbonyl (C=O) groups is 1. The average molecular weight is 500 g/mol. The summed E-state index contributed by atoms with van der Waals surface area (Å²) in [7, 11) is 1.26. The maximum atomic E-state index is 13.0. The number of nitrogen functional groups attached to an aromatic ring is 1. The van der Waals surface area contributed by atoms with Gasteiger partial charge in [0.25, 0.3) is 5.91 Å². The van der Waals surface area contributed by atoms with Gasteiger partial charge >= 0.3 is 5.69 Å². The van der Waals surface area contributed by atoms with E-state index in [1.807, 2.05) is 0 Å². The Morgan fingerprint density at radius 2 is 2.25 bits per heavy atom. The van der Waals surface area contributed by atoms with Crippen LogP contribution in [0.2, 0.25) is 0 Å². The molecule has 3 aromatic rings. The van der Waals surface area contributed by atoms with Crippen LogP contribution in [0.3, 0.4) is 0 Å². The average Bonchev–Trinajstić information content (AvgIpc) is 3.46. The minimum absolute atomic E-state index is 0.0124. The van der Waals surface area contributed by atoms with Crippen LogP contribution in [0.5, 0.6) is 11.5 Å². The third-order valence-corrected chi connectivity index (χ3v) is 5.84. The second-order valence-corrected chi connectivity index (χ2v) is 8.13. The molecule has 0 radical (unpaired) electrons. The van der Waals surface area contributed by atoms with Crippen molar-refractivity contribution in [3.05, 3.63) is 39.2 Å². The molecular weight excluding hydrogens is 476 g/mol. The van der Waals surface area contributed by atoms with Gasteiger partial charge in [-0.05, 0) is 42.7 Å². The predicted octanol–water partition coefficient (Wildman–Crippen LogP) is 0.993. The Balaban J connectivity index is 1.60. The molecular formula is C20H24N10O6. The van der Waals surface area contributed by atoms with Crippen LogP contribution >= 0.6 is 0 Å². The van der Waals surface area contributed by atoms with Crippen LogP contribution in [0.15, 0.2) is 21.9 Å². The van der Waals surface area contributed by atoms with Crippen LogP contribution in [0, 0.1) is 10.1 Å². The number of likely N-dealkylation sites (tertiary alicyclic amines) is 1. The molecule has 0 bridgehead atoms. The summed E-state index contributed by atoms with van der Waals surface area (Å²) >= 11 is 0. The standard InChI is InChI=1S/C20H24N10O6/c1-11-5-3-4-6-28(11)10-14-16(23-27-29(14)19-18(21)25-36-26-19)20(32)24-22-9-12-7-13(30(33)34)17(31)15(8-12)35-2/h7-9,11,31H,3-6,10H2,1-2H3,(H2,21,25)(H,24,32)/b22-9+/t11-/m0/s1. The minimum atomic E-state index is -0.760. The number of anilines is 1. The van der Waals surface area contributed by atoms with E-state index in [-0.39, 0.29) is 34.7 Å². The maximum absolute atomic E-state index is 13.0. The number of nitrogens with two attached hydrogens (primary N) is 1. The molecule has 3 heterocycles. The van der Waals surface area contributed by atoms with Gasteiger partial charge in [-0.25, -0.2) is 10.1 Å². The first-order valence-electron chi connectivity index (χ1n) is 11.0. The summed E-state index contributed by atoms with van der Waals surface area (Å²) in [6.07, 6.45) is 4.33. The molecule has 1 aliphatic rings. The zero-order valence-electron chi connectivity index (χ0n) is 19.5. The smallest absolute Gasteiger partial charge is 0.315 e. The number of amides is 1. The predicted molar refractivity (Wildman–Crippen MR) is 124 cm³/mol. The Hall–Kier alpha value is -4.60. The minimum Gasteiger partial charge on any atom is -0.500 e. The van der Waals surface area contributed by atoms with Crippen LogP contribution in [-0.2, 0) is 6.54 Å². The van der Waals surface area contributed by atoms with Crippen molar-refractivity contribution in [2.45, 2.75) is 38.8 Å². The molecule has 16 nitrogen and oxygen atoms in total. The fraction of sp³-hybridized carbons (Fsp3) is 0.400. The third kappa shape index (κ3) is 4.92. The molecule has 36 heavy (non-hydrogen) atoms. The number of benzene rings is 1. The lowest BCUT2D eigenvalue weighted by Crippen LogP contribution is -2.38. The summed E-state index contributed by atoms with van der Waals surface area (Å²) in [5.41, 5.74) is 8.22. The molecule has 0 spiro atoms. The maximum Gasteiger partial charge on any atom is 0.315 e. The summed E-state index contributed by atoms with van der Waals surface area (Å²) in [6.45, 7) is 3.28. The lowest BCUT2D eigenvalue weighted by Gasteiger charge is -2.33. The number of nitrogens with one attached hydrogen (secondary N) is 1. The fourth-order valence-electron chi connectivity index (χ4n) is 3.91. The molecule has 2 aromatic heterocycles. The third-order valence-electron chi connectivity index (χ3n) is 5.84. The topological polar surface area (TPSA) is 213 Å². The first-order valence-corrected chi connectivity index (χ1v) is 11.0. The summed E-state index contributed by atoms with van der Waals surface area (Å²) < 4.78 is 10.9. The van der Waals surface area contributed by atoms with E-state index >= 15 is 0 Å². The lowest BCUT2D eigenvalue weighted by molar-refractivity contribution is -0.386. The zero-order chi connectivity index (χ0) is 25.8. The molecule has 1 aromatic carbocycles. The highest BCUT2D eigenvalue weighted by Gasteiger charge is 2.28. The molecule has 1 aliphatic heterocycles. The SMILES string of the molecule is COc1cc(/C=N/NC(=O)c2nnn(-c3nonc3N)c2CN2CCCC[C@@H]2C)cc([N+](=O)[O-])c1O. The van der Waals surface area contributed by atoms with Gasteiger partial charge in [0.15, 0.2) is 11.4 Å². The Morgan fingerprint density at radius 3 is 2.92 bits per heavy atom. The van der Waals surface area contributed by atoms with E-state index in [9.17, 15) is 20.0 Å². The number of piperidine rings is 1. The van der Waals surface area contributed by atoms with Crippen molar-refractivity contribution < 1.29 is 24.2 Å². The molecule has 0 unspecified atom stereocenters. The van der Waals surface area contributed by atoms with Crippen molar-refractivity contribution in [3.8, 4) is 17.3 Å². The van der Waals surface area contributed by atoms with Crippen molar-refractivity contribution in [3.63, 3.8) is 0 Å². The number of carbonyl (C=O) groups excluding carboxylic acids is 1. The zero-order valence-corrected chi connectivity index (χ0v) is 19.5. The molecule has 0 aliphatic carbocycles. The Morgan fingerprint density at radius 1 is 1.44 bits per heavy atom. The van der Waals surface area contributed by atoms with E-state index in [1.54, 1.807) is 0 Å². The highest BCUT2D eigenvalue weighted by Crippen LogP contribution is 2.36. The van der Waals surface area contributed by atoms with Crippen molar-refractivity contribution in [1.29, 1.82) is 0 Å². The van der Waals surface area contributed by atoms with Crippen molar-refractivity contribution >= 4 is 23.6 Å². The van der Waals surface area contributed by atoms with Crippen molar-refractivity contribution in [2.75, 3.05) is 19.4 Å². The largest absolute Gasteiger partial charge is 0.500 e. The molecule has 1 amide bonds. The van der Waals surface area contributed by atoms with Gasteiger partial charge in [0.1, 0.15) is 0 Å². The monoisotopic (exact) mass is 500 g/mol. The number of rotatable bonds is 8. The summed E-state index contributed by atoms with van der Waals surface area (Å²) in [5, 5.41) is 40.3. The van der Waals surface area contributed by atoms with Gasteiger partial charge in [-0.15, -0.1) is 5.10 Å². The molecule has 4 rings (SSSR count). The Kier molecular flexibility index (Phi) is 7.05. The lowest BCUT2D eigenvalue weighted by atomic mass is 10.0. The van der Waals surface area contributed by atoms with E-state index in [4.69, 9.17) is 10.5 Å². The normalized spacial score (nSPS) is 16.3. The quantitative estimate of drug-likeness (QED) is 0.224. The molecule has 16 heteroatoms. The fourth-order valence-corrected chi connectivity index (χ4v) is 3.91.